The molecule has 1 aromatic carbocycles. The zero-order valence-corrected chi connectivity index (χ0v) is 28.6. The molecule has 1 unspecified atom stereocenters. The van der Waals surface area contributed by atoms with Crippen molar-refractivity contribution >= 4 is 56.3 Å². The summed E-state index contributed by atoms with van der Waals surface area (Å²) in [7, 11) is 20.2. The van der Waals surface area contributed by atoms with E-state index in [0.29, 0.717) is 24.5 Å². The first kappa shape index (κ1) is 33.3. The van der Waals surface area contributed by atoms with Gasteiger partial charge in [0.15, 0.2) is 11.5 Å². The molecule has 5 heterocycles. The van der Waals surface area contributed by atoms with Gasteiger partial charge in [-0.3, -0.25) is 19.1 Å². The topological polar surface area (TPSA) is 154 Å². The summed E-state index contributed by atoms with van der Waals surface area (Å²) in [5.41, 5.74) is 5.90. The van der Waals surface area contributed by atoms with Crippen LogP contribution in [0.1, 0.15) is 64.2 Å². The summed E-state index contributed by atoms with van der Waals surface area (Å²) in [6, 6.07) is 12.6. The molecule has 1 aliphatic carbocycles. The fraction of sp³-hybridized carbons (Fsp3) is 0.382. The predicted octanol–water partition coefficient (Wildman–Crippen LogP) is 2.40. The normalized spacial score (nSPS) is 17.3. The number of carbonyl (C=O) groups is 3. The highest BCUT2D eigenvalue weighted by Gasteiger charge is 2.42. The van der Waals surface area contributed by atoms with Crippen LogP contribution in [0.3, 0.4) is 0 Å². The molecular weight excluding hydrogens is 632 g/mol. The number of hydrogen-bond acceptors (Lipinski definition) is 10. The average molecular weight is 669 g/mol. The maximum atomic E-state index is 12.8. The first-order valence-corrected chi connectivity index (χ1v) is 16.5. The molecule has 1 saturated carbocycles. The van der Waals surface area contributed by atoms with Crippen molar-refractivity contribution in [3.63, 3.8) is 0 Å². The number of aromatic nitrogens is 5. The minimum absolute atomic E-state index is 0.0107. The number of hydrogen-bond donors (Lipinski definition) is 3. The largest absolute Gasteiger partial charge is 0.364 e. The molecule has 2 fully saturated rings. The number of fused-ring (bicyclic) bond motifs is 3. The Hall–Kier alpha value is -5.24. The molecule has 16 heteroatoms. The lowest BCUT2D eigenvalue weighted by atomic mass is 9.57. The third kappa shape index (κ3) is 5.76. The van der Waals surface area contributed by atoms with Gasteiger partial charge in [-0.2, -0.15) is 5.10 Å². The maximum absolute atomic E-state index is 12.8. The van der Waals surface area contributed by atoms with E-state index in [1.165, 1.54) is 11.9 Å². The van der Waals surface area contributed by atoms with E-state index < -0.39 is 11.2 Å². The zero-order valence-electron chi connectivity index (χ0n) is 28.6. The van der Waals surface area contributed by atoms with Gasteiger partial charge in [-0.25, -0.2) is 4.98 Å². The van der Waals surface area contributed by atoms with Crippen LogP contribution < -0.4 is 20.9 Å². The zero-order chi connectivity index (χ0) is 35.5. The van der Waals surface area contributed by atoms with Gasteiger partial charge in [0.05, 0.1) is 56.7 Å². The van der Waals surface area contributed by atoms with Crippen LogP contribution in [0, 0.1) is 5.92 Å². The summed E-state index contributed by atoms with van der Waals surface area (Å²) >= 11 is 0. The fourth-order valence-corrected chi connectivity index (χ4v) is 6.54. The van der Waals surface area contributed by atoms with E-state index in [2.05, 4.69) is 47.6 Å². The molecule has 50 heavy (non-hydrogen) atoms. The third-order valence-electron chi connectivity index (χ3n) is 9.71. The Balaban J connectivity index is 1.15. The molecule has 3 aromatic heterocycles. The number of benzene rings is 1. The smallest absolute Gasteiger partial charge is 0.273 e. The summed E-state index contributed by atoms with van der Waals surface area (Å²) in [5.74, 6) is -0.479. The quantitative estimate of drug-likeness (QED) is 0.227. The van der Waals surface area contributed by atoms with Gasteiger partial charge < -0.3 is 30.7 Å². The Morgan fingerprint density at radius 2 is 1.74 bits per heavy atom. The van der Waals surface area contributed by atoms with E-state index in [1.807, 2.05) is 36.3 Å². The summed E-state index contributed by atoms with van der Waals surface area (Å²) in [6.07, 6.45) is 3.59. The molecule has 4 radical (unpaired) electrons. The van der Waals surface area contributed by atoms with Crippen molar-refractivity contribution in [3.8, 4) is 11.1 Å². The highest BCUT2D eigenvalue weighted by Crippen LogP contribution is 2.49. The molecule has 3 aliphatic rings. The summed E-state index contributed by atoms with van der Waals surface area (Å²) in [5, 5.41) is 20.6. The number of para-hydroxylation sites is 1. The molecule has 4 aromatic rings. The fourth-order valence-electron chi connectivity index (χ4n) is 6.54. The molecule has 7 rings (SSSR count). The molecule has 2 aliphatic heterocycles. The van der Waals surface area contributed by atoms with Gasteiger partial charge in [-0.05, 0) is 43.3 Å². The summed E-state index contributed by atoms with van der Waals surface area (Å²) in [4.78, 5) is 47.8. The summed E-state index contributed by atoms with van der Waals surface area (Å²) < 4.78 is 2.05. The monoisotopic (exact) mass is 669 g/mol. The first-order chi connectivity index (χ1) is 23.9. The van der Waals surface area contributed by atoms with Crippen molar-refractivity contribution in [2.45, 2.75) is 37.2 Å². The van der Waals surface area contributed by atoms with Gasteiger partial charge in [0.2, 0.25) is 5.91 Å². The number of amides is 3. The Morgan fingerprint density at radius 1 is 1.00 bits per heavy atom. The molecule has 1 saturated heterocycles. The molecule has 252 valence electrons. The number of carbonyl (C=O) groups excluding carboxylic acids is 3. The molecule has 0 spiro atoms. The van der Waals surface area contributed by atoms with E-state index in [-0.39, 0.29) is 47.0 Å². The summed E-state index contributed by atoms with van der Waals surface area (Å²) in [6.45, 7) is 3.20. The van der Waals surface area contributed by atoms with E-state index >= 15 is 0 Å². The van der Waals surface area contributed by atoms with Crippen LogP contribution in [0.15, 0.2) is 48.7 Å². The van der Waals surface area contributed by atoms with Gasteiger partial charge in [0, 0.05) is 70.1 Å². The van der Waals surface area contributed by atoms with Crippen LogP contribution in [0.5, 0.6) is 0 Å². The second-order valence-electron chi connectivity index (χ2n) is 13.3. The van der Waals surface area contributed by atoms with Crippen molar-refractivity contribution in [1.82, 2.24) is 40.1 Å². The lowest BCUT2D eigenvalue weighted by molar-refractivity contribution is -0.117. The van der Waals surface area contributed by atoms with Gasteiger partial charge in [-0.1, -0.05) is 18.2 Å². The minimum atomic E-state index is -1.38. The SMILES string of the molecule is [B]C([B])(c1cccc(C(=O)N(C)C)n1)N1CC(n2ncc3c2C(C)N(C)c2c(Nc4cc(NC(=O)C5CC5)nnc4C(=O)NC)cccc2-3)C1. The number of nitrogens with one attached hydrogen (secondary N) is 3. The highest BCUT2D eigenvalue weighted by atomic mass is 16.2. The Labute approximate surface area is 292 Å². The van der Waals surface area contributed by atoms with Crippen LogP contribution in [0.25, 0.3) is 11.1 Å². The van der Waals surface area contributed by atoms with Crippen LogP contribution in [0.2, 0.25) is 0 Å². The van der Waals surface area contributed by atoms with Crippen LogP contribution in [-0.4, -0.2) is 109 Å². The van der Waals surface area contributed by atoms with Gasteiger partial charge >= 0.3 is 0 Å². The Kier molecular flexibility index (Phi) is 8.37. The molecular formula is C34H37B2N11O3. The van der Waals surface area contributed by atoms with Crippen LogP contribution >= 0.6 is 0 Å². The molecule has 3 amide bonds. The van der Waals surface area contributed by atoms with Crippen molar-refractivity contribution < 1.29 is 14.4 Å². The second-order valence-corrected chi connectivity index (χ2v) is 13.3. The lowest BCUT2D eigenvalue weighted by Crippen LogP contribution is -2.60. The number of rotatable bonds is 9. The van der Waals surface area contributed by atoms with Gasteiger partial charge in [0.25, 0.3) is 11.8 Å². The third-order valence-corrected chi connectivity index (χ3v) is 9.71. The predicted molar refractivity (Wildman–Crippen MR) is 191 cm³/mol. The number of pyridine rings is 1. The van der Waals surface area contributed by atoms with Crippen molar-refractivity contribution in [3.05, 3.63) is 71.4 Å². The molecule has 14 nitrogen and oxygen atoms in total. The van der Waals surface area contributed by atoms with Gasteiger partial charge in [-0.15, -0.1) is 10.2 Å². The van der Waals surface area contributed by atoms with Crippen molar-refractivity contribution in [2.75, 3.05) is 56.8 Å². The Bertz CT molecular complexity index is 2010. The van der Waals surface area contributed by atoms with Crippen LogP contribution in [-0.2, 0) is 10.1 Å². The number of nitrogens with zero attached hydrogens (tertiary/aromatic N) is 8. The van der Waals surface area contributed by atoms with Crippen molar-refractivity contribution in [1.29, 1.82) is 0 Å². The Morgan fingerprint density at radius 3 is 2.44 bits per heavy atom. The van der Waals surface area contributed by atoms with E-state index in [1.54, 1.807) is 38.4 Å². The highest BCUT2D eigenvalue weighted by molar-refractivity contribution is 6.39. The van der Waals surface area contributed by atoms with Crippen molar-refractivity contribution in [2.24, 2.45) is 5.92 Å². The van der Waals surface area contributed by atoms with E-state index in [4.69, 9.17) is 20.8 Å². The standard InChI is InChI=1S/C34H37B2N11O3/c1-18-29-22(15-38-47(29)20-16-46(17-20)34(35,36)26-11-7-10-24(40-26)33(50)44(3)4)21-8-6-9-23(30(21)45(18)5)39-25-14-27(41-31(48)19-12-13-19)42-43-28(25)32(49)37-2/h6-11,14-15,18-20H,12-13,16-17H2,1-5H3,(H,37,49)(H2,39,41,42,48). The van der Waals surface area contributed by atoms with Crippen LogP contribution in [0.4, 0.5) is 22.9 Å². The van der Waals surface area contributed by atoms with E-state index in [0.717, 1.165) is 41.0 Å². The number of likely N-dealkylation sites (tertiary alicyclic amines) is 1. The molecule has 0 bridgehead atoms. The minimum Gasteiger partial charge on any atom is -0.364 e. The molecule has 3 N–H and O–H groups in total. The van der Waals surface area contributed by atoms with Gasteiger partial charge in [0.1, 0.15) is 5.69 Å². The molecule has 1 atom stereocenters. The maximum Gasteiger partial charge on any atom is 0.273 e. The first-order valence-electron chi connectivity index (χ1n) is 16.5. The second kappa shape index (κ2) is 12.6. The number of anilines is 4. The average Bonchev–Trinajstić information content (AvgIpc) is 3.85. The lowest BCUT2D eigenvalue weighted by Gasteiger charge is -2.50. The van der Waals surface area contributed by atoms with E-state index in [9.17, 15) is 14.4 Å².